The second kappa shape index (κ2) is 7.41. The number of ether oxygens (including phenoxy) is 1. The summed E-state index contributed by atoms with van der Waals surface area (Å²) in [5.74, 6) is 1.40. The number of amides is 1. The SMILES string of the molecule is COCc1cc(C(=O)Nc2cc(CC3CCCCC3)[nH]n2)no1. The number of methoxy groups -OCH3 is 1. The van der Waals surface area contributed by atoms with E-state index < -0.39 is 0 Å². The van der Waals surface area contributed by atoms with Crippen molar-refractivity contribution in [3.8, 4) is 0 Å². The number of rotatable bonds is 6. The summed E-state index contributed by atoms with van der Waals surface area (Å²) >= 11 is 0. The molecule has 1 aliphatic rings. The molecule has 2 aromatic heterocycles. The molecule has 0 saturated heterocycles. The van der Waals surface area contributed by atoms with Gasteiger partial charge in [0.25, 0.3) is 5.91 Å². The van der Waals surface area contributed by atoms with Crippen LogP contribution in [0.2, 0.25) is 0 Å². The zero-order valence-electron chi connectivity index (χ0n) is 13.3. The first-order valence-corrected chi connectivity index (χ1v) is 8.05. The van der Waals surface area contributed by atoms with Crippen LogP contribution in [0.15, 0.2) is 16.7 Å². The Morgan fingerprint density at radius 2 is 2.22 bits per heavy atom. The summed E-state index contributed by atoms with van der Waals surface area (Å²) in [6.45, 7) is 0.286. The number of aromatic nitrogens is 3. The van der Waals surface area contributed by atoms with Crippen molar-refractivity contribution in [1.82, 2.24) is 15.4 Å². The van der Waals surface area contributed by atoms with Crippen molar-refractivity contribution in [2.45, 2.75) is 45.1 Å². The van der Waals surface area contributed by atoms with Gasteiger partial charge in [0.15, 0.2) is 17.3 Å². The highest BCUT2D eigenvalue weighted by molar-refractivity contribution is 6.02. The van der Waals surface area contributed by atoms with Crippen LogP contribution >= 0.6 is 0 Å². The van der Waals surface area contributed by atoms with Gasteiger partial charge in [0, 0.05) is 24.9 Å². The molecule has 2 aromatic rings. The molecule has 1 amide bonds. The van der Waals surface area contributed by atoms with Crippen LogP contribution in [0.5, 0.6) is 0 Å². The van der Waals surface area contributed by atoms with Gasteiger partial charge in [-0.15, -0.1) is 0 Å². The molecule has 2 heterocycles. The zero-order chi connectivity index (χ0) is 16.1. The van der Waals surface area contributed by atoms with E-state index in [9.17, 15) is 4.79 Å². The number of aromatic amines is 1. The van der Waals surface area contributed by atoms with Gasteiger partial charge < -0.3 is 14.6 Å². The van der Waals surface area contributed by atoms with Gasteiger partial charge in [-0.2, -0.15) is 5.10 Å². The number of nitrogens with zero attached hydrogens (tertiary/aromatic N) is 2. The lowest BCUT2D eigenvalue weighted by atomic mass is 9.86. The number of nitrogens with one attached hydrogen (secondary N) is 2. The first-order chi connectivity index (χ1) is 11.2. The second-order valence-electron chi connectivity index (χ2n) is 6.05. The molecule has 0 aromatic carbocycles. The normalized spacial score (nSPS) is 15.7. The van der Waals surface area contributed by atoms with Gasteiger partial charge in [-0.05, 0) is 12.3 Å². The van der Waals surface area contributed by atoms with Crippen LogP contribution in [0.25, 0.3) is 0 Å². The molecular weight excluding hydrogens is 296 g/mol. The van der Waals surface area contributed by atoms with E-state index in [0.717, 1.165) is 18.0 Å². The number of hydrogen-bond acceptors (Lipinski definition) is 5. The highest BCUT2D eigenvalue weighted by atomic mass is 16.5. The largest absolute Gasteiger partial charge is 0.377 e. The van der Waals surface area contributed by atoms with Gasteiger partial charge in [0.2, 0.25) is 0 Å². The van der Waals surface area contributed by atoms with Crippen LogP contribution in [-0.4, -0.2) is 28.4 Å². The number of hydrogen-bond donors (Lipinski definition) is 2. The van der Waals surface area contributed by atoms with E-state index in [1.54, 1.807) is 13.2 Å². The van der Waals surface area contributed by atoms with Crippen molar-refractivity contribution in [1.29, 1.82) is 0 Å². The van der Waals surface area contributed by atoms with Crippen molar-refractivity contribution in [3.63, 3.8) is 0 Å². The highest BCUT2D eigenvalue weighted by Crippen LogP contribution is 2.26. The van der Waals surface area contributed by atoms with Crippen LogP contribution in [0, 0.1) is 5.92 Å². The summed E-state index contributed by atoms with van der Waals surface area (Å²) in [7, 11) is 1.56. The van der Waals surface area contributed by atoms with Crippen LogP contribution in [0.1, 0.15) is 54.0 Å². The number of anilines is 1. The van der Waals surface area contributed by atoms with E-state index in [4.69, 9.17) is 9.26 Å². The topological polar surface area (TPSA) is 93.0 Å². The van der Waals surface area contributed by atoms with Crippen LogP contribution in [0.4, 0.5) is 5.82 Å². The van der Waals surface area contributed by atoms with Gasteiger partial charge >= 0.3 is 0 Å². The maximum absolute atomic E-state index is 12.1. The van der Waals surface area contributed by atoms with E-state index in [1.807, 2.05) is 6.07 Å². The molecular formula is C16H22N4O3. The lowest BCUT2D eigenvalue weighted by molar-refractivity contribution is 0.101. The third-order valence-corrected chi connectivity index (χ3v) is 4.18. The van der Waals surface area contributed by atoms with E-state index in [2.05, 4.69) is 20.7 Å². The van der Waals surface area contributed by atoms with Gasteiger partial charge in [0.1, 0.15) is 6.61 Å². The van der Waals surface area contributed by atoms with Gasteiger partial charge in [-0.25, -0.2) is 0 Å². The Hall–Kier alpha value is -2.15. The molecule has 3 rings (SSSR count). The number of carbonyl (C=O) groups is 1. The predicted molar refractivity (Wildman–Crippen MR) is 84.0 cm³/mol. The maximum Gasteiger partial charge on any atom is 0.279 e. The van der Waals surface area contributed by atoms with Crippen molar-refractivity contribution in [2.75, 3.05) is 12.4 Å². The van der Waals surface area contributed by atoms with Crippen molar-refractivity contribution < 1.29 is 14.1 Å². The average Bonchev–Trinajstić information content (AvgIpc) is 3.18. The Balaban J connectivity index is 1.56. The average molecular weight is 318 g/mol. The molecule has 23 heavy (non-hydrogen) atoms. The Kier molecular flexibility index (Phi) is 5.07. The quantitative estimate of drug-likeness (QED) is 0.854. The minimum absolute atomic E-state index is 0.217. The van der Waals surface area contributed by atoms with E-state index in [0.29, 0.717) is 11.6 Å². The first-order valence-electron chi connectivity index (χ1n) is 8.05. The number of H-pyrrole nitrogens is 1. The molecule has 0 spiro atoms. The minimum Gasteiger partial charge on any atom is -0.377 e. The highest BCUT2D eigenvalue weighted by Gasteiger charge is 2.17. The Bertz CT molecular complexity index is 643. The summed E-state index contributed by atoms with van der Waals surface area (Å²) < 4.78 is 9.94. The molecule has 0 atom stereocenters. The minimum atomic E-state index is -0.341. The van der Waals surface area contributed by atoms with Crippen molar-refractivity contribution >= 4 is 11.7 Å². The molecule has 7 nitrogen and oxygen atoms in total. The fourth-order valence-electron chi connectivity index (χ4n) is 3.04. The summed E-state index contributed by atoms with van der Waals surface area (Å²) in [6.07, 6.45) is 7.54. The molecule has 0 aliphatic heterocycles. The monoisotopic (exact) mass is 318 g/mol. The summed E-state index contributed by atoms with van der Waals surface area (Å²) in [6, 6.07) is 3.46. The van der Waals surface area contributed by atoms with Crippen molar-refractivity contribution in [2.24, 2.45) is 5.92 Å². The van der Waals surface area contributed by atoms with Crippen LogP contribution in [0.3, 0.4) is 0 Å². The van der Waals surface area contributed by atoms with E-state index >= 15 is 0 Å². The fraction of sp³-hybridized carbons (Fsp3) is 0.562. The molecule has 0 bridgehead atoms. The summed E-state index contributed by atoms with van der Waals surface area (Å²) in [5, 5.41) is 13.6. The van der Waals surface area contributed by atoms with Crippen LogP contribution in [-0.2, 0) is 17.8 Å². The molecule has 1 aliphatic carbocycles. The molecule has 7 heteroatoms. The molecule has 0 radical (unpaired) electrons. The smallest absolute Gasteiger partial charge is 0.279 e. The lowest BCUT2D eigenvalue weighted by Gasteiger charge is -2.20. The molecule has 124 valence electrons. The standard InChI is InChI=1S/C16H22N4O3/c1-22-10-13-9-14(20-23-13)16(21)17-15-8-12(18-19-15)7-11-5-3-2-4-6-11/h8-9,11H,2-7,10H2,1H3,(H2,17,18,19,21). The third-order valence-electron chi connectivity index (χ3n) is 4.18. The second-order valence-corrected chi connectivity index (χ2v) is 6.05. The Labute approximate surface area is 134 Å². The van der Waals surface area contributed by atoms with Gasteiger partial charge in [-0.3, -0.25) is 9.89 Å². The summed E-state index contributed by atoms with van der Waals surface area (Å²) in [5.41, 5.74) is 1.28. The van der Waals surface area contributed by atoms with E-state index in [1.165, 1.54) is 32.1 Å². The zero-order valence-corrected chi connectivity index (χ0v) is 13.3. The third kappa shape index (κ3) is 4.19. The number of carbonyl (C=O) groups excluding carboxylic acids is 1. The molecule has 1 fully saturated rings. The van der Waals surface area contributed by atoms with E-state index in [-0.39, 0.29) is 18.2 Å². The Morgan fingerprint density at radius 1 is 1.39 bits per heavy atom. The summed E-state index contributed by atoms with van der Waals surface area (Å²) in [4.78, 5) is 12.1. The van der Waals surface area contributed by atoms with Crippen LogP contribution < -0.4 is 5.32 Å². The maximum atomic E-state index is 12.1. The lowest BCUT2D eigenvalue weighted by Crippen LogP contribution is -2.12. The predicted octanol–water partition coefficient (Wildman–Crippen LogP) is 2.92. The molecule has 1 saturated carbocycles. The molecule has 0 unspecified atom stereocenters. The fourth-order valence-corrected chi connectivity index (χ4v) is 3.04. The Morgan fingerprint density at radius 3 is 3.00 bits per heavy atom. The van der Waals surface area contributed by atoms with Crippen molar-refractivity contribution in [3.05, 3.63) is 29.3 Å². The first kappa shape index (κ1) is 15.7. The molecule has 2 N–H and O–H groups in total. The van der Waals surface area contributed by atoms with Gasteiger partial charge in [0.05, 0.1) is 0 Å². The van der Waals surface area contributed by atoms with Gasteiger partial charge in [-0.1, -0.05) is 37.3 Å².